The van der Waals surface area contributed by atoms with Crippen molar-refractivity contribution in [3.63, 3.8) is 0 Å². The SMILES string of the molecule is O=C(O)c1cccc(Oc2ncccc2[N+](=O)[O-])c1. The van der Waals surface area contributed by atoms with Crippen LogP contribution in [0.2, 0.25) is 0 Å². The molecule has 0 aliphatic heterocycles. The quantitative estimate of drug-likeness (QED) is 0.669. The van der Waals surface area contributed by atoms with Crippen molar-refractivity contribution in [2.75, 3.05) is 0 Å². The van der Waals surface area contributed by atoms with Gasteiger partial charge in [0, 0.05) is 12.3 Å². The molecule has 7 heteroatoms. The summed E-state index contributed by atoms with van der Waals surface area (Å²) in [5.74, 6) is -1.13. The lowest BCUT2D eigenvalue weighted by Gasteiger charge is -2.05. The molecule has 7 nitrogen and oxygen atoms in total. The van der Waals surface area contributed by atoms with Crippen LogP contribution in [0.1, 0.15) is 10.4 Å². The Morgan fingerprint density at radius 3 is 2.79 bits per heavy atom. The number of carbonyl (C=O) groups is 1. The van der Waals surface area contributed by atoms with Gasteiger partial charge in [-0.25, -0.2) is 9.78 Å². The highest BCUT2D eigenvalue weighted by molar-refractivity contribution is 5.88. The maximum absolute atomic E-state index is 10.8. The molecule has 1 aromatic carbocycles. The van der Waals surface area contributed by atoms with Gasteiger partial charge in [-0.3, -0.25) is 10.1 Å². The second-order valence-electron chi connectivity index (χ2n) is 3.52. The van der Waals surface area contributed by atoms with Crippen LogP contribution < -0.4 is 4.74 Å². The van der Waals surface area contributed by atoms with Gasteiger partial charge in [0.15, 0.2) is 0 Å². The van der Waals surface area contributed by atoms with E-state index in [4.69, 9.17) is 9.84 Å². The van der Waals surface area contributed by atoms with E-state index in [1.165, 1.54) is 42.6 Å². The molecule has 0 bridgehead atoms. The molecule has 1 heterocycles. The summed E-state index contributed by atoms with van der Waals surface area (Å²) in [6.07, 6.45) is 1.35. The van der Waals surface area contributed by atoms with Gasteiger partial charge in [0.1, 0.15) is 5.75 Å². The van der Waals surface area contributed by atoms with Crippen molar-refractivity contribution in [1.82, 2.24) is 4.98 Å². The Hall–Kier alpha value is -2.96. The predicted octanol–water partition coefficient (Wildman–Crippen LogP) is 2.48. The van der Waals surface area contributed by atoms with Gasteiger partial charge in [-0.05, 0) is 24.3 Å². The first-order chi connectivity index (χ1) is 9.08. The summed E-state index contributed by atoms with van der Waals surface area (Å²) in [6, 6.07) is 8.29. The van der Waals surface area contributed by atoms with Gasteiger partial charge in [-0.1, -0.05) is 6.07 Å². The Morgan fingerprint density at radius 2 is 2.11 bits per heavy atom. The zero-order valence-corrected chi connectivity index (χ0v) is 9.52. The molecular formula is C12H8N2O5. The highest BCUT2D eigenvalue weighted by Gasteiger charge is 2.16. The van der Waals surface area contributed by atoms with Crippen LogP contribution in [0.5, 0.6) is 11.6 Å². The molecule has 0 saturated heterocycles. The van der Waals surface area contributed by atoms with Crippen LogP contribution in [0.25, 0.3) is 0 Å². The zero-order valence-electron chi connectivity index (χ0n) is 9.52. The van der Waals surface area contributed by atoms with Gasteiger partial charge in [0.25, 0.3) is 5.88 Å². The van der Waals surface area contributed by atoms with Gasteiger partial charge < -0.3 is 9.84 Å². The lowest BCUT2D eigenvalue weighted by atomic mass is 10.2. The molecule has 0 radical (unpaired) electrons. The Bertz CT molecular complexity index is 642. The summed E-state index contributed by atoms with van der Waals surface area (Å²) in [5.41, 5.74) is -0.265. The van der Waals surface area contributed by atoms with Crippen molar-refractivity contribution in [3.05, 3.63) is 58.3 Å². The minimum Gasteiger partial charge on any atom is -0.478 e. The Labute approximate surface area is 107 Å². The van der Waals surface area contributed by atoms with Gasteiger partial charge in [-0.15, -0.1) is 0 Å². The average Bonchev–Trinajstić information content (AvgIpc) is 2.39. The summed E-state index contributed by atoms with van der Waals surface area (Å²) in [5, 5.41) is 19.6. The van der Waals surface area contributed by atoms with E-state index in [1.807, 2.05) is 0 Å². The van der Waals surface area contributed by atoms with Crippen LogP contribution in [0.4, 0.5) is 5.69 Å². The standard InChI is InChI=1S/C12H8N2O5/c15-12(16)8-3-1-4-9(7-8)19-11-10(14(17)18)5-2-6-13-11/h1-7H,(H,15,16). The third-order valence-electron chi connectivity index (χ3n) is 2.24. The number of nitro groups is 1. The first-order valence-electron chi connectivity index (χ1n) is 5.18. The molecule has 0 spiro atoms. The van der Waals surface area contributed by atoms with Gasteiger partial charge >= 0.3 is 11.7 Å². The summed E-state index contributed by atoms with van der Waals surface area (Å²) in [7, 11) is 0. The van der Waals surface area contributed by atoms with Crippen LogP contribution in [0, 0.1) is 10.1 Å². The number of aromatic carboxylic acids is 1. The number of nitrogens with zero attached hydrogens (tertiary/aromatic N) is 2. The molecule has 2 rings (SSSR count). The van der Waals surface area contributed by atoms with Gasteiger partial charge in [-0.2, -0.15) is 0 Å². The molecule has 0 unspecified atom stereocenters. The number of rotatable bonds is 4. The molecule has 0 aliphatic rings. The first kappa shape index (κ1) is 12.5. The number of aromatic nitrogens is 1. The fourth-order valence-corrected chi connectivity index (χ4v) is 1.40. The molecule has 0 atom stereocenters. The topological polar surface area (TPSA) is 103 Å². The van der Waals surface area contributed by atoms with Crippen LogP contribution in [-0.4, -0.2) is 21.0 Å². The number of pyridine rings is 1. The van der Waals surface area contributed by atoms with Crippen molar-refractivity contribution in [2.24, 2.45) is 0 Å². The molecule has 1 N–H and O–H groups in total. The minimum atomic E-state index is -1.11. The summed E-state index contributed by atoms with van der Waals surface area (Å²) in [4.78, 5) is 24.7. The van der Waals surface area contributed by atoms with E-state index in [2.05, 4.69) is 4.98 Å². The van der Waals surface area contributed by atoms with Crippen LogP contribution in [0.15, 0.2) is 42.6 Å². The fourth-order valence-electron chi connectivity index (χ4n) is 1.40. The number of carboxylic acids is 1. The number of benzene rings is 1. The van der Waals surface area contributed by atoms with Crippen LogP contribution >= 0.6 is 0 Å². The van der Waals surface area contributed by atoms with E-state index in [0.29, 0.717) is 0 Å². The van der Waals surface area contributed by atoms with E-state index in [0.717, 1.165) is 0 Å². The van der Waals surface area contributed by atoms with Gasteiger partial charge in [0.2, 0.25) is 0 Å². The van der Waals surface area contributed by atoms with Crippen LogP contribution in [-0.2, 0) is 0 Å². The molecule has 19 heavy (non-hydrogen) atoms. The summed E-state index contributed by atoms with van der Waals surface area (Å²) in [6.45, 7) is 0. The van der Waals surface area contributed by atoms with Crippen molar-refractivity contribution < 1.29 is 19.6 Å². The molecule has 1 aromatic heterocycles. The Morgan fingerprint density at radius 1 is 1.32 bits per heavy atom. The third kappa shape index (κ3) is 2.83. The zero-order chi connectivity index (χ0) is 13.8. The van der Waals surface area contributed by atoms with E-state index in [9.17, 15) is 14.9 Å². The molecule has 0 aliphatic carbocycles. The highest BCUT2D eigenvalue weighted by Crippen LogP contribution is 2.28. The first-order valence-corrected chi connectivity index (χ1v) is 5.18. The summed E-state index contributed by atoms with van der Waals surface area (Å²) >= 11 is 0. The fraction of sp³-hybridized carbons (Fsp3) is 0. The Balaban J connectivity index is 2.34. The number of carboxylic acid groups (broad SMARTS) is 1. The molecular weight excluding hydrogens is 252 g/mol. The van der Waals surface area contributed by atoms with Gasteiger partial charge in [0.05, 0.1) is 10.5 Å². The number of hydrogen-bond donors (Lipinski definition) is 1. The van der Waals surface area contributed by atoms with E-state index < -0.39 is 10.9 Å². The predicted molar refractivity (Wildman–Crippen MR) is 64.4 cm³/mol. The van der Waals surface area contributed by atoms with Crippen molar-refractivity contribution in [3.8, 4) is 11.6 Å². The smallest absolute Gasteiger partial charge is 0.335 e. The third-order valence-corrected chi connectivity index (χ3v) is 2.24. The maximum atomic E-state index is 10.8. The highest BCUT2D eigenvalue weighted by atomic mass is 16.6. The monoisotopic (exact) mass is 260 g/mol. The maximum Gasteiger partial charge on any atom is 0.335 e. The molecule has 0 fully saturated rings. The second kappa shape index (κ2) is 5.13. The van der Waals surface area contributed by atoms with E-state index in [1.54, 1.807) is 0 Å². The molecule has 0 amide bonds. The van der Waals surface area contributed by atoms with Crippen molar-refractivity contribution in [1.29, 1.82) is 0 Å². The molecule has 0 saturated carbocycles. The number of ether oxygens (including phenoxy) is 1. The van der Waals surface area contributed by atoms with E-state index >= 15 is 0 Å². The second-order valence-corrected chi connectivity index (χ2v) is 3.52. The number of hydrogen-bond acceptors (Lipinski definition) is 5. The normalized spacial score (nSPS) is 9.89. The molecule has 96 valence electrons. The van der Waals surface area contributed by atoms with E-state index in [-0.39, 0.29) is 22.9 Å². The Kier molecular flexibility index (Phi) is 3.37. The van der Waals surface area contributed by atoms with Crippen molar-refractivity contribution >= 4 is 11.7 Å². The lowest BCUT2D eigenvalue weighted by Crippen LogP contribution is -1.98. The van der Waals surface area contributed by atoms with Crippen LogP contribution in [0.3, 0.4) is 0 Å². The molecule has 2 aromatic rings. The van der Waals surface area contributed by atoms with Crippen molar-refractivity contribution in [2.45, 2.75) is 0 Å². The average molecular weight is 260 g/mol. The minimum absolute atomic E-state index is 0.0242. The summed E-state index contributed by atoms with van der Waals surface area (Å²) < 4.78 is 5.25. The largest absolute Gasteiger partial charge is 0.478 e. The lowest BCUT2D eigenvalue weighted by molar-refractivity contribution is -0.386.